The zero-order valence-corrected chi connectivity index (χ0v) is 13.1. The maximum absolute atomic E-state index is 9.74. The molecule has 2 aromatic carbocycles. The van der Waals surface area contributed by atoms with E-state index in [0.29, 0.717) is 27.1 Å². The van der Waals surface area contributed by atoms with Crippen molar-refractivity contribution in [3.05, 3.63) is 56.5 Å². The zero-order valence-electron chi connectivity index (χ0n) is 10.0. The van der Waals surface area contributed by atoms with Crippen LogP contribution in [0.1, 0.15) is 18.6 Å². The summed E-state index contributed by atoms with van der Waals surface area (Å²) >= 11 is 15.2. The van der Waals surface area contributed by atoms with Gasteiger partial charge in [-0.2, -0.15) is 0 Å². The summed E-state index contributed by atoms with van der Waals surface area (Å²) in [4.78, 5) is 0. The van der Waals surface area contributed by atoms with Crippen LogP contribution in [-0.4, -0.2) is 5.11 Å². The third-order valence-corrected chi connectivity index (χ3v) is 3.42. The Kier molecular flexibility index (Phi) is 4.74. The molecule has 2 nitrogen and oxygen atoms in total. The first-order valence-corrected chi connectivity index (χ1v) is 7.12. The normalized spacial score (nSPS) is 12.3. The first-order valence-electron chi connectivity index (χ1n) is 5.57. The minimum atomic E-state index is -0.627. The van der Waals surface area contributed by atoms with Crippen LogP contribution in [-0.2, 0) is 0 Å². The molecule has 0 fully saturated rings. The highest BCUT2D eigenvalue weighted by molar-refractivity contribution is 9.10. The second-order valence-corrected chi connectivity index (χ2v) is 5.85. The van der Waals surface area contributed by atoms with E-state index < -0.39 is 6.10 Å². The molecule has 0 aromatic heterocycles. The van der Waals surface area contributed by atoms with Gasteiger partial charge in [0.25, 0.3) is 0 Å². The summed E-state index contributed by atoms with van der Waals surface area (Å²) in [7, 11) is 0. The van der Waals surface area contributed by atoms with Crippen molar-refractivity contribution in [2.75, 3.05) is 0 Å². The smallest absolute Gasteiger partial charge is 0.134 e. The van der Waals surface area contributed by atoms with Gasteiger partial charge in [0.05, 0.1) is 6.10 Å². The summed E-state index contributed by atoms with van der Waals surface area (Å²) in [6, 6.07) is 10.4. The van der Waals surface area contributed by atoms with Gasteiger partial charge in [0.1, 0.15) is 11.5 Å². The minimum Gasteiger partial charge on any atom is -0.457 e. The molecule has 0 spiro atoms. The largest absolute Gasteiger partial charge is 0.457 e. The molecule has 5 heteroatoms. The molecule has 0 saturated carbocycles. The molecule has 0 aliphatic carbocycles. The molecule has 100 valence electrons. The summed E-state index contributed by atoms with van der Waals surface area (Å²) in [5.74, 6) is 1.08. The lowest BCUT2D eigenvalue weighted by Crippen LogP contribution is -1.96. The predicted molar refractivity (Wildman–Crippen MR) is 81.3 cm³/mol. The molecule has 0 amide bonds. The molecule has 0 radical (unpaired) electrons. The number of aliphatic hydroxyl groups excluding tert-OH is 1. The van der Waals surface area contributed by atoms with Gasteiger partial charge in [-0.3, -0.25) is 0 Å². The van der Waals surface area contributed by atoms with Crippen molar-refractivity contribution in [1.82, 2.24) is 0 Å². The van der Waals surface area contributed by atoms with E-state index in [-0.39, 0.29) is 0 Å². The third kappa shape index (κ3) is 3.86. The highest BCUT2D eigenvalue weighted by atomic mass is 79.9. The summed E-state index contributed by atoms with van der Waals surface area (Å²) in [6.07, 6.45) is -0.627. The van der Waals surface area contributed by atoms with E-state index in [9.17, 15) is 5.11 Å². The van der Waals surface area contributed by atoms with Crippen LogP contribution in [0.4, 0.5) is 0 Å². The Bertz CT molecular complexity index is 580. The molecule has 0 heterocycles. The van der Waals surface area contributed by atoms with Crippen LogP contribution >= 0.6 is 39.1 Å². The number of halogens is 3. The van der Waals surface area contributed by atoms with E-state index in [1.807, 2.05) is 6.07 Å². The molecule has 1 atom stereocenters. The Hall–Kier alpha value is -0.740. The topological polar surface area (TPSA) is 29.5 Å². The molecule has 2 aromatic rings. The summed E-state index contributed by atoms with van der Waals surface area (Å²) in [5.41, 5.74) is 0.694. The third-order valence-electron chi connectivity index (χ3n) is 2.49. The van der Waals surface area contributed by atoms with Crippen LogP contribution in [0.3, 0.4) is 0 Å². The Balaban J connectivity index is 2.39. The molecule has 0 aliphatic rings. The van der Waals surface area contributed by atoms with Gasteiger partial charge in [-0.1, -0.05) is 45.2 Å². The van der Waals surface area contributed by atoms with Gasteiger partial charge in [0.2, 0.25) is 0 Å². The Labute approximate surface area is 130 Å². The predicted octanol–water partition coefficient (Wildman–Crippen LogP) is 5.60. The average Bonchev–Trinajstić information content (AvgIpc) is 2.26. The van der Waals surface area contributed by atoms with E-state index in [2.05, 4.69) is 15.9 Å². The lowest BCUT2D eigenvalue weighted by atomic mass is 10.1. The number of hydrogen-bond acceptors (Lipinski definition) is 2. The molecule has 2 rings (SSSR count). The van der Waals surface area contributed by atoms with Crippen LogP contribution in [0.15, 0.2) is 40.9 Å². The second-order valence-electron chi connectivity index (χ2n) is 4.07. The zero-order chi connectivity index (χ0) is 14.0. The summed E-state index contributed by atoms with van der Waals surface area (Å²) in [6.45, 7) is 1.68. The Morgan fingerprint density at radius 2 is 1.74 bits per heavy atom. The second kappa shape index (κ2) is 6.14. The number of ether oxygens (including phenoxy) is 1. The maximum atomic E-state index is 9.74. The number of aliphatic hydroxyl groups is 1. The van der Waals surface area contributed by atoms with Crippen LogP contribution in [0.5, 0.6) is 11.5 Å². The van der Waals surface area contributed by atoms with Gasteiger partial charge >= 0.3 is 0 Å². The fourth-order valence-corrected chi connectivity index (χ4v) is 2.50. The van der Waals surface area contributed by atoms with Crippen molar-refractivity contribution in [3.63, 3.8) is 0 Å². The van der Waals surface area contributed by atoms with Crippen LogP contribution in [0, 0.1) is 0 Å². The van der Waals surface area contributed by atoms with Gasteiger partial charge in [-0.25, -0.2) is 0 Å². The average molecular weight is 362 g/mol. The molecule has 0 aliphatic heterocycles. The van der Waals surface area contributed by atoms with Crippen molar-refractivity contribution in [2.24, 2.45) is 0 Å². The van der Waals surface area contributed by atoms with Crippen molar-refractivity contribution in [1.29, 1.82) is 0 Å². The van der Waals surface area contributed by atoms with Crippen molar-refractivity contribution in [3.8, 4) is 11.5 Å². The van der Waals surface area contributed by atoms with Crippen molar-refractivity contribution in [2.45, 2.75) is 13.0 Å². The van der Waals surface area contributed by atoms with Crippen molar-refractivity contribution < 1.29 is 9.84 Å². The van der Waals surface area contributed by atoms with Crippen LogP contribution in [0.25, 0.3) is 0 Å². The Morgan fingerprint density at radius 1 is 1.11 bits per heavy atom. The molecule has 1 unspecified atom stereocenters. The van der Waals surface area contributed by atoms with Gasteiger partial charge in [-0.15, -0.1) is 0 Å². The fourth-order valence-electron chi connectivity index (χ4n) is 1.66. The molecular weight excluding hydrogens is 351 g/mol. The van der Waals surface area contributed by atoms with Gasteiger partial charge in [-0.05, 0) is 37.3 Å². The standard InChI is InChI=1S/C14H11BrCl2O2/c1-8(18)13-3-2-9(15)4-14(13)19-12-6-10(16)5-11(17)7-12/h2-8,18H,1H3. The SMILES string of the molecule is CC(O)c1ccc(Br)cc1Oc1cc(Cl)cc(Cl)c1. The minimum absolute atomic E-state index is 0.496. The fraction of sp³-hybridized carbons (Fsp3) is 0.143. The lowest BCUT2D eigenvalue weighted by Gasteiger charge is -2.14. The quantitative estimate of drug-likeness (QED) is 0.770. The number of hydrogen-bond donors (Lipinski definition) is 1. The Morgan fingerprint density at radius 3 is 2.32 bits per heavy atom. The van der Waals surface area contributed by atoms with E-state index in [0.717, 1.165) is 4.47 Å². The van der Waals surface area contributed by atoms with Crippen molar-refractivity contribution >= 4 is 39.1 Å². The highest BCUT2D eigenvalue weighted by Gasteiger charge is 2.11. The van der Waals surface area contributed by atoms with Gasteiger partial charge < -0.3 is 9.84 Å². The first kappa shape index (κ1) is 14.7. The van der Waals surface area contributed by atoms with E-state index in [1.165, 1.54) is 0 Å². The first-order chi connectivity index (χ1) is 8.95. The summed E-state index contributed by atoms with van der Waals surface area (Å²) in [5, 5.41) is 10.7. The molecule has 19 heavy (non-hydrogen) atoms. The maximum Gasteiger partial charge on any atom is 0.134 e. The van der Waals surface area contributed by atoms with Gasteiger partial charge in [0, 0.05) is 20.1 Å². The van der Waals surface area contributed by atoms with Crippen LogP contribution in [0.2, 0.25) is 10.0 Å². The number of benzene rings is 2. The van der Waals surface area contributed by atoms with Gasteiger partial charge in [0.15, 0.2) is 0 Å². The molecule has 1 N–H and O–H groups in total. The van der Waals surface area contributed by atoms with E-state index in [4.69, 9.17) is 27.9 Å². The van der Waals surface area contributed by atoms with E-state index in [1.54, 1.807) is 37.3 Å². The monoisotopic (exact) mass is 360 g/mol. The van der Waals surface area contributed by atoms with Crippen LogP contribution < -0.4 is 4.74 Å². The highest BCUT2D eigenvalue weighted by Crippen LogP contribution is 2.34. The number of rotatable bonds is 3. The molecule has 0 saturated heterocycles. The molecule has 0 bridgehead atoms. The lowest BCUT2D eigenvalue weighted by molar-refractivity contribution is 0.195. The van der Waals surface area contributed by atoms with E-state index >= 15 is 0 Å². The molecular formula is C14H11BrCl2O2. The summed E-state index contributed by atoms with van der Waals surface area (Å²) < 4.78 is 6.62.